The standard InChI is InChI=1S/C17H22Cl2N2O2/c1-3-10(2)21-17(23)14-9-13(14)16(22)20-7-6-11-4-5-12(18)8-15(11)19/h4-5,8,10,13-14H,3,6-7,9H2,1-2H3,(H,20,22)(H,21,23). The summed E-state index contributed by atoms with van der Waals surface area (Å²) in [5.74, 6) is -0.442. The number of halogens is 2. The minimum Gasteiger partial charge on any atom is -0.356 e. The maximum atomic E-state index is 12.1. The van der Waals surface area contributed by atoms with Crippen molar-refractivity contribution < 1.29 is 9.59 Å². The average molecular weight is 357 g/mol. The molecule has 1 aromatic rings. The Morgan fingerprint density at radius 1 is 1.26 bits per heavy atom. The van der Waals surface area contributed by atoms with E-state index in [-0.39, 0.29) is 29.7 Å². The Balaban J connectivity index is 1.73. The van der Waals surface area contributed by atoms with Gasteiger partial charge in [-0.3, -0.25) is 9.59 Å². The summed E-state index contributed by atoms with van der Waals surface area (Å²) in [6, 6.07) is 5.48. The van der Waals surface area contributed by atoms with Crippen molar-refractivity contribution in [3.63, 3.8) is 0 Å². The Bertz CT molecular complexity index is 592. The fourth-order valence-electron chi connectivity index (χ4n) is 2.40. The van der Waals surface area contributed by atoms with E-state index >= 15 is 0 Å². The normalized spacial score (nSPS) is 20.7. The number of benzene rings is 1. The van der Waals surface area contributed by atoms with Gasteiger partial charge in [-0.1, -0.05) is 36.2 Å². The minimum atomic E-state index is -0.195. The molecule has 1 saturated carbocycles. The van der Waals surface area contributed by atoms with E-state index in [4.69, 9.17) is 23.2 Å². The van der Waals surface area contributed by atoms with E-state index in [1.165, 1.54) is 0 Å². The molecular weight excluding hydrogens is 335 g/mol. The molecule has 1 aliphatic carbocycles. The van der Waals surface area contributed by atoms with Gasteiger partial charge in [-0.2, -0.15) is 0 Å². The van der Waals surface area contributed by atoms with Gasteiger partial charge < -0.3 is 10.6 Å². The van der Waals surface area contributed by atoms with E-state index in [0.717, 1.165) is 12.0 Å². The number of nitrogens with one attached hydrogen (secondary N) is 2. The summed E-state index contributed by atoms with van der Waals surface area (Å²) in [4.78, 5) is 24.0. The Kier molecular flexibility index (Phi) is 6.31. The van der Waals surface area contributed by atoms with E-state index < -0.39 is 0 Å². The first-order valence-electron chi connectivity index (χ1n) is 7.94. The summed E-state index contributed by atoms with van der Waals surface area (Å²) in [6.45, 7) is 4.48. The summed E-state index contributed by atoms with van der Waals surface area (Å²) in [5.41, 5.74) is 0.943. The number of rotatable bonds is 7. The molecule has 6 heteroatoms. The molecule has 0 radical (unpaired) electrons. The lowest BCUT2D eigenvalue weighted by Crippen LogP contribution is -2.35. The molecule has 3 unspecified atom stereocenters. The molecule has 0 aromatic heterocycles. The maximum Gasteiger partial charge on any atom is 0.224 e. The second-order valence-corrected chi connectivity index (χ2v) is 6.89. The molecule has 2 amide bonds. The number of hydrogen-bond acceptors (Lipinski definition) is 2. The van der Waals surface area contributed by atoms with Crippen LogP contribution in [-0.4, -0.2) is 24.4 Å². The van der Waals surface area contributed by atoms with Gasteiger partial charge in [0.1, 0.15) is 0 Å². The molecule has 23 heavy (non-hydrogen) atoms. The lowest BCUT2D eigenvalue weighted by atomic mass is 10.1. The molecule has 1 fully saturated rings. The molecular formula is C17H22Cl2N2O2. The van der Waals surface area contributed by atoms with Gasteiger partial charge in [0.2, 0.25) is 11.8 Å². The van der Waals surface area contributed by atoms with Crippen LogP contribution in [-0.2, 0) is 16.0 Å². The highest BCUT2D eigenvalue weighted by atomic mass is 35.5. The molecule has 1 aliphatic rings. The molecule has 0 saturated heterocycles. The van der Waals surface area contributed by atoms with Crippen molar-refractivity contribution in [1.82, 2.24) is 10.6 Å². The molecule has 2 N–H and O–H groups in total. The number of hydrogen-bond donors (Lipinski definition) is 2. The van der Waals surface area contributed by atoms with Crippen LogP contribution in [0.25, 0.3) is 0 Å². The first-order chi connectivity index (χ1) is 10.9. The van der Waals surface area contributed by atoms with E-state index in [9.17, 15) is 9.59 Å². The zero-order valence-electron chi connectivity index (χ0n) is 13.4. The molecule has 3 atom stereocenters. The monoisotopic (exact) mass is 356 g/mol. The molecule has 0 spiro atoms. The van der Waals surface area contributed by atoms with Crippen molar-refractivity contribution in [3.8, 4) is 0 Å². The average Bonchev–Trinajstić information content (AvgIpc) is 3.29. The van der Waals surface area contributed by atoms with Crippen molar-refractivity contribution >= 4 is 35.0 Å². The fraction of sp³-hybridized carbons (Fsp3) is 0.529. The smallest absolute Gasteiger partial charge is 0.224 e. The maximum absolute atomic E-state index is 12.1. The predicted molar refractivity (Wildman–Crippen MR) is 92.7 cm³/mol. The minimum absolute atomic E-state index is 0.0137. The molecule has 0 heterocycles. The van der Waals surface area contributed by atoms with Gasteiger partial charge in [-0.05, 0) is 43.9 Å². The zero-order valence-corrected chi connectivity index (χ0v) is 14.9. The second-order valence-electron chi connectivity index (χ2n) is 6.04. The Morgan fingerprint density at radius 2 is 1.96 bits per heavy atom. The summed E-state index contributed by atoms with van der Waals surface area (Å²) in [7, 11) is 0. The van der Waals surface area contributed by atoms with Crippen LogP contribution in [0.2, 0.25) is 10.0 Å². The van der Waals surface area contributed by atoms with Crippen LogP contribution in [0.4, 0.5) is 0 Å². The van der Waals surface area contributed by atoms with E-state index in [1.807, 2.05) is 19.9 Å². The lowest BCUT2D eigenvalue weighted by Gasteiger charge is -2.11. The Morgan fingerprint density at radius 3 is 2.61 bits per heavy atom. The molecule has 4 nitrogen and oxygen atoms in total. The molecule has 0 aliphatic heterocycles. The third-order valence-electron chi connectivity index (χ3n) is 4.17. The van der Waals surface area contributed by atoms with Crippen LogP contribution >= 0.6 is 23.2 Å². The van der Waals surface area contributed by atoms with Crippen LogP contribution in [0, 0.1) is 11.8 Å². The van der Waals surface area contributed by atoms with Crippen molar-refractivity contribution in [3.05, 3.63) is 33.8 Å². The highest BCUT2D eigenvalue weighted by molar-refractivity contribution is 6.35. The summed E-state index contributed by atoms with van der Waals surface area (Å²) in [5, 5.41) is 6.99. The van der Waals surface area contributed by atoms with Crippen molar-refractivity contribution in [1.29, 1.82) is 0 Å². The van der Waals surface area contributed by atoms with E-state index in [1.54, 1.807) is 12.1 Å². The molecule has 0 bridgehead atoms. The highest BCUT2D eigenvalue weighted by Crippen LogP contribution is 2.38. The van der Waals surface area contributed by atoms with E-state index in [0.29, 0.717) is 29.4 Å². The molecule has 1 aromatic carbocycles. The SMILES string of the molecule is CCC(C)NC(=O)C1CC1C(=O)NCCc1ccc(Cl)cc1Cl. The Labute approximate surface area is 146 Å². The third kappa shape index (κ3) is 5.11. The largest absolute Gasteiger partial charge is 0.356 e. The third-order valence-corrected chi connectivity index (χ3v) is 4.76. The van der Waals surface area contributed by atoms with Crippen molar-refractivity contribution in [2.24, 2.45) is 11.8 Å². The van der Waals surface area contributed by atoms with Crippen molar-refractivity contribution in [2.45, 2.75) is 39.2 Å². The van der Waals surface area contributed by atoms with Gasteiger partial charge in [0.15, 0.2) is 0 Å². The number of carbonyl (C=O) groups excluding carboxylic acids is 2. The van der Waals surface area contributed by atoms with Crippen LogP contribution < -0.4 is 10.6 Å². The van der Waals surface area contributed by atoms with Gasteiger partial charge in [0, 0.05) is 22.6 Å². The first kappa shape index (κ1) is 18.1. The van der Waals surface area contributed by atoms with Crippen LogP contribution in [0.3, 0.4) is 0 Å². The van der Waals surface area contributed by atoms with Gasteiger partial charge in [0.05, 0.1) is 11.8 Å². The van der Waals surface area contributed by atoms with Crippen LogP contribution in [0.5, 0.6) is 0 Å². The van der Waals surface area contributed by atoms with Crippen LogP contribution in [0.15, 0.2) is 18.2 Å². The topological polar surface area (TPSA) is 58.2 Å². The summed E-state index contributed by atoms with van der Waals surface area (Å²) >= 11 is 11.9. The van der Waals surface area contributed by atoms with E-state index in [2.05, 4.69) is 10.6 Å². The van der Waals surface area contributed by atoms with Gasteiger partial charge >= 0.3 is 0 Å². The zero-order chi connectivity index (χ0) is 17.0. The fourth-order valence-corrected chi connectivity index (χ4v) is 2.91. The van der Waals surface area contributed by atoms with Gasteiger partial charge in [-0.25, -0.2) is 0 Å². The predicted octanol–water partition coefficient (Wildman–Crippen LogP) is 3.20. The lowest BCUT2D eigenvalue weighted by molar-refractivity contribution is -0.127. The van der Waals surface area contributed by atoms with Gasteiger partial charge in [0.25, 0.3) is 0 Å². The number of carbonyl (C=O) groups is 2. The number of amides is 2. The quantitative estimate of drug-likeness (QED) is 0.787. The first-order valence-corrected chi connectivity index (χ1v) is 8.70. The van der Waals surface area contributed by atoms with Crippen molar-refractivity contribution in [2.75, 3.05) is 6.54 Å². The summed E-state index contributed by atoms with van der Waals surface area (Å²) in [6.07, 6.45) is 2.16. The van der Waals surface area contributed by atoms with Gasteiger partial charge in [-0.15, -0.1) is 0 Å². The second kappa shape index (κ2) is 8.02. The molecule has 126 valence electrons. The Hall–Kier alpha value is -1.26. The van der Waals surface area contributed by atoms with Crippen LogP contribution in [0.1, 0.15) is 32.3 Å². The highest BCUT2D eigenvalue weighted by Gasteiger charge is 2.47. The summed E-state index contributed by atoms with van der Waals surface area (Å²) < 4.78 is 0. The molecule has 2 rings (SSSR count).